The van der Waals surface area contributed by atoms with Gasteiger partial charge in [-0.1, -0.05) is 12.8 Å². The first-order valence-corrected chi connectivity index (χ1v) is 6.32. The highest BCUT2D eigenvalue weighted by Crippen LogP contribution is 2.17. The highest BCUT2D eigenvalue weighted by Gasteiger charge is 2.26. The van der Waals surface area contributed by atoms with Crippen LogP contribution in [0, 0.1) is 18.3 Å². The molecule has 0 bridgehead atoms. The van der Waals surface area contributed by atoms with Crippen LogP contribution in [-0.4, -0.2) is 55.6 Å². The van der Waals surface area contributed by atoms with Crippen molar-refractivity contribution in [1.29, 1.82) is 0 Å². The van der Waals surface area contributed by atoms with E-state index < -0.39 is 0 Å². The molecule has 17 heavy (non-hydrogen) atoms. The smallest absolute Gasteiger partial charge is 0.318 e. The number of terminal acetylenes is 1. The van der Waals surface area contributed by atoms with Gasteiger partial charge in [0.1, 0.15) is 0 Å². The number of hydrogen-bond acceptors (Lipinski definition) is 2. The van der Waals surface area contributed by atoms with Gasteiger partial charge in [0, 0.05) is 19.6 Å². The zero-order chi connectivity index (χ0) is 12.7. The molecule has 0 aromatic carbocycles. The standard InChI is InChI=1S/C13H23N3O/c1-4-7-14-13(17)16-9-6-12(11-16)10-15(3)8-5-2/h1,12H,5-11H2,2-3H3,(H,14,17)/t12-/m0/s1. The fraction of sp³-hybridized carbons (Fsp3) is 0.769. The number of nitrogens with one attached hydrogen (secondary N) is 1. The second-order valence-corrected chi connectivity index (χ2v) is 4.73. The molecule has 1 atom stereocenters. The Hall–Kier alpha value is -1.21. The van der Waals surface area contributed by atoms with E-state index in [-0.39, 0.29) is 6.03 Å². The molecule has 1 aliphatic rings. The Kier molecular flexibility index (Phi) is 5.85. The zero-order valence-corrected chi connectivity index (χ0v) is 10.9. The Bertz CT molecular complexity index is 285. The van der Waals surface area contributed by atoms with E-state index in [1.807, 2.05) is 4.90 Å². The second-order valence-electron chi connectivity index (χ2n) is 4.73. The molecule has 1 saturated heterocycles. The summed E-state index contributed by atoms with van der Waals surface area (Å²) in [6.07, 6.45) is 7.38. The van der Waals surface area contributed by atoms with Crippen LogP contribution in [0.25, 0.3) is 0 Å². The molecule has 0 aromatic rings. The predicted molar refractivity (Wildman–Crippen MR) is 69.7 cm³/mol. The molecule has 0 aliphatic carbocycles. The minimum Gasteiger partial charge on any atom is -0.327 e. The van der Waals surface area contributed by atoms with E-state index in [1.165, 1.54) is 6.42 Å². The minimum absolute atomic E-state index is 0.0244. The van der Waals surface area contributed by atoms with Gasteiger partial charge < -0.3 is 15.1 Å². The Morgan fingerprint density at radius 1 is 1.65 bits per heavy atom. The molecule has 1 fully saturated rings. The topological polar surface area (TPSA) is 35.6 Å². The molecule has 1 rings (SSSR count). The van der Waals surface area contributed by atoms with Gasteiger partial charge in [-0.15, -0.1) is 6.42 Å². The summed E-state index contributed by atoms with van der Waals surface area (Å²) in [5.74, 6) is 3.02. The molecule has 96 valence electrons. The molecule has 4 nitrogen and oxygen atoms in total. The van der Waals surface area contributed by atoms with Gasteiger partial charge in [0.05, 0.1) is 6.54 Å². The first kappa shape index (κ1) is 13.9. The molecule has 1 N–H and O–H groups in total. The molecule has 2 amide bonds. The number of urea groups is 1. The molecule has 1 aliphatic heterocycles. The largest absolute Gasteiger partial charge is 0.327 e. The van der Waals surface area contributed by atoms with Crippen LogP contribution in [0.1, 0.15) is 19.8 Å². The molecular formula is C13H23N3O. The Morgan fingerprint density at radius 2 is 2.41 bits per heavy atom. The van der Waals surface area contributed by atoms with E-state index in [2.05, 4.69) is 30.1 Å². The van der Waals surface area contributed by atoms with Crippen molar-refractivity contribution in [2.24, 2.45) is 5.92 Å². The van der Waals surface area contributed by atoms with Crippen molar-refractivity contribution in [3.8, 4) is 12.3 Å². The van der Waals surface area contributed by atoms with Crippen molar-refractivity contribution in [2.45, 2.75) is 19.8 Å². The molecular weight excluding hydrogens is 214 g/mol. The minimum atomic E-state index is -0.0244. The van der Waals surface area contributed by atoms with Crippen LogP contribution in [0.15, 0.2) is 0 Å². The first-order chi connectivity index (χ1) is 8.17. The average Bonchev–Trinajstić information content (AvgIpc) is 2.74. The van der Waals surface area contributed by atoms with Crippen molar-refractivity contribution >= 4 is 6.03 Å². The number of amides is 2. The summed E-state index contributed by atoms with van der Waals surface area (Å²) in [5.41, 5.74) is 0. The second kappa shape index (κ2) is 7.18. The van der Waals surface area contributed by atoms with E-state index in [0.29, 0.717) is 12.5 Å². The number of carbonyl (C=O) groups excluding carboxylic acids is 1. The van der Waals surface area contributed by atoms with Gasteiger partial charge in [0.2, 0.25) is 0 Å². The third-order valence-corrected chi connectivity index (χ3v) is 3.09. The zero-order valence-electron chi connectivity index (χ0n) is 10.9. The molecule has 1 heterocycles. The average molecular weight is 237 g/mol. The lowest BCUT2D eigenvalue weighted by Crippen LogP contribution is -2.39. The molecule has 0 saturated carbocycles. The van der Waals surface area contributed by atoms with E-state index >= 15 is 0 Å². The van der Waals surface area contributed by atoms with Gasteiger partial charge in [0.15, 0.2) is 0 Å². The summed E-state index contributed by atoms with van der Waals surface area (Å²) in [6.45, 7) is 6.40. The van der Waals surface area contributed by atoms with Crippen molar-refractivity contribution in [2.75, 3.05) is 39.8 Å². The maximum absolute atomic E-state index is 11.7. The summed E-state index contributed by atoms with van der Waals surface area (Å²) < 4.78 is 0. The summed E-state index contributed by atoms with van der Waals surface area (Å²) in [5, 5.41) is 2.71. The van der Waals surface area contributed by atoms with E-state index in [1.54, 1.807) is 0 Å². The maximum atomic E-state index is 11.7. The van der Waals surface area contributed by atoms with Gasteiger partial charge in [-0.25, -0.2) is 4.79 Å². The van der Waals surface area contributed by atoms with Crippen LogP contribution >= 0.6 is 0 Å². The lowest BCUT2D eigenvalue weighted by molar-refractivity contribution is 0.205. The summed E-state index contributed by atoms with van der Waals surface area (Å²) >= 11 is 0. The fourth-order valence-corrected chi connectivity index (χ4v) is 2.32. The molecule has 0 aromatic heterocycles. The predicted octanol–water partition coefficient (Wildman–Crippen LogP) is 0.993. The first-order valence-electron chi connectivity index (χ1n) is 6.32. The van der Waals surface area contributed by atoms with Crippen LogP contribution in [0.4, 0.5) is 4.79 Å². The van der Waals surface area contributed by atoms with E-state index in [0.717, 1.165) is 32.6 Å². The number of likely N-dealkylation sites (tertiary alicyclic amines) is 1. The third-order valence-electron chi connectivity index (χ3n) is 3.09. The van der Waals surface area contributed by atoms with Gasteiger partial charge >= 0.3 is 6.03 Å². The molecule has 0 radical (unpaired) electrons. The number of carbonyl (C=O) groups is 1. The quantitative estimate of drug-likeness (QED) is 0.724. The van der Waals surface area contributed by atoms with Gasteiger partial charge in [-0.2, -0.15) is 0 Å². The van der Waals surface area contributed by atoms with Crippen LogP contribution in [0.5, 0.6) is 0 Å². The highest BCUT2D eigenvalue weighted by molar-refractivity contribution is 5.74. The third kappa shape index (κ3) is 4.66. The summed E-state index contributed by atoms with van der Waals surface area (Å²) in [6, 6.07) is -0.0244. The van der Waals surface area contributed by atoms with Crippen LogP contribution in [-0.2, 0) is 0 Å². The van der Waals surface area contributed by atoms with Crippen molar-refractivity contribution in [3.05, 3.63) is 0 Å². The monoisotopic (exact) mass is 237 g/mol. The Morgan fingerprint density at radius 3 is 3.06 bits per heavy atom. The van der Waals surface area contributed by atoms with Gasteiger partial charge in [-0.05, 0) is 32.4 Å². The number of hydrogen-bond donors (Lipinski definition) is 1. The highest BCUT2D eigenvalue weighted by atomic mass is 16.2. The van der Waals surface area contributed by atoms with Crippen LogP contribution in [0.3, 0.4) is 0 Å². The van der Waals surface area contributed by atoms with Crippen molar-refractivity contribution < 1.29 is 4.79 Å². The lowest BCUT2D eigenvalue weighted by atomic mass is 10.1. The Labute approximate surface area is 104 Å². The molecule has 4 heteroatoms. The SMILES string of the molecule is C#CCNC(=O)N1CC[C@@H](CN(C)CCC)C1. The van der Waals surface area contributed by atoms with Crippen LogP contribution in [0.2, 0.25) is 0 Å². The van der Waals surface area contributed by atoms with Gasteiger partial charge in [0.25, 0.3) is 0 Å². The van der Waals surface area contributed by atoms with Crippen LogP contribution < -0.4 is 5.32 Å². The number of rotatable bonds is 5. The van der Waals surface area contributed by atoms with E-state index in [4.69, 9.17) is 6.42 Å². The normalized spacial score (nSPS) is 19.4. The van der Waals surface area contributed by atoms with Gasteiger partial charge in [-0.3, -0.25) is 0 Å². The van der Waals surface area contributed by atoms with E-state index in [9.17, 15) is 4.79 Å². The van der Waals surface area contributed by atoms with Crippen molar-refractivity contribution in [1.82, 2.24) is 15.1 Å². The number of nitrogens with zero attached hydrogens (tertiary/aromatic N) is 2. The lowest BCUT2D eigenvalue weighted by Gasteiger charge is -2.21. The Balaban J connectivity index is 2.27. The van der Waals surface area contributed by atoms with Crippen molar-refractivity contribution in [3.63, 3.8) is 0 Å². The molecule has 0 unspecified atom stereocenters. The maximum Gasteiger partial charge on any atom is 0.318 e. The summed E-state index contributed by atoms with van der Waals surface area (Å²) in [7, 11) is 2.14. The fourth-order valence-electron chi connectivity index (χ4n) is 2.32. The summed E-state index contributed by atoms with van der Waals surface area (Å²) in [4.78, 5) is 15.9. The molecule has 0 spiro atoms.